The fraction of sp³-hybridized carbons (Fsp3) is 0.263. The van der Waals surface area contributed by atoms with E-state index in [1.54, 1.807) is 37.4 Å². The van der Waals surface area contributed by atoms with Crippen LogP contribution in [-0.4, -0.2) is 18.7 Å². The van der Waals surface area contributed by atoms with Crippen molar-refractivity contribution in [1.29, 1.82) is 0 Å². The van der Waals surface area contributed by atoms with Crippen LogP contribution in [0.5, 0.6) is 5.75 Å². The molecule has 0 unspecified atom stereocenters. The lowest BCUT2D eigenvalue weighted by Crippen LogP contribution is -2.09. The topological polar surface area (TPSA) is 43.4 Å². The van der Waals surface area contributed by atoms with E-state index in [2.05, 4.69) is 13.8 Å². The number of methoxy groups -OCH3 is 1. The van der Waals surface area contributed by atoms with Crippen LogP contribution >= 0.6 is 0 Å². The highest BCUT2D eigenvalue weighted by Gasteiger charge is 2.14. The maximum absolute atomic E-state index is 12.3. The van der Waals surface area contributed by atoms with Gasteiger partial charge < -0.3 is 4.74 Å². The van der Waals surface area contributed by atoms with E-state index in [9.17, 15) is 9.59 Å². The molecule has 0 heterocycles. The van der Waals surface area contributed by atoms with Crippen molar-refractivity contribution in [1.82, 2.24) is 0 Å². The number of rotatable bonds is 6. The molecule has 0 saturated heterocycles. The van der Waals surface area contributed by atoms with Gasteiger partial charge in [0.1, 0.15) is 5.75 Å². The molecule has 0 aromatic heterocycles. The van der Waals surface area contributed by atoms with Crippen molar-refractivity contribution >= 4 is 11.6 Å². The van der Waals surface area contributed by atoms with Gasteiger partial charge >= 0.3 is 0 Å². The van der Waals surface area contributed by atoms with Gasteiger partial charge in [-0.3, -0.25) is 9.59 Å². The first-order valence-corrected chi connectivity index (χ1v) is 7.31. The number of ether oxygens (including phenoxy) is 1. The monoisotopic (exact) mass is 296 g/mol. The van der Waals surface area contributed by atoms with Gasteiger partial charge in [0.25, 0.3) is 0 Å². The smallest absolute Gasteiger partial charge is 0.170 e. The summed E-state index contributed by atoms with van der Waals surface area (Å²) in [5.41, 5.74) is 2.21. The molecule has 2 aromatic carbocycles. The summed E-state index contributed by atoms with van der Waals surface area (Å²) in [5, 5.41) is 0. The van der Waals surface area contributed by atoms with E-state index in [0.29, 0.717) is 22.8 Å². The van der Waals surface area contributed by atoms with Crippen LogP contribution in [0.1, 0.15) is 52.5 Å². The second-order valence-corrected chi connectivity index (χ2v) is 5.53. The third kappa shape index (κ3) is 3.82. The zero-order valence-electron chi connectivity index (χ0n) is 13.1. The first kappa shape index (κ1) is 16.0. The second kappa shape index (κ2) is 7.03. The SMILES string of the molecule is COc1ccc(C(=O)CC(=O)c2cccc(C(C)C)c2)cc1. The predicted molar refractivity (Wildman–Crippen MR) is 86.8 cm³/mol. The second-order valence-electron chi connectivity index (χ2n) is 5.53. The molecule has 114 valence electrons. The zero-order chi connectivity index (χ0) is 16.1. The van der Waals surface area contributed by atoms with Crippen LogP contribution in [0.3, 0.4) is 0 Å². The number of ketones is 2. The lowest BCUT2D eigenvalue weighted by atomic mass is 9.96. The number of Topliss-reactive ketones (excluding diaryl/α,β-unsaturated/α-hetero) is 2. The van der Waals surface area contributed by atoms with Gasteiger partial charge in [-0.1, -0.05) is 32.0 Å². The zero-order valence-corrected chi connectivity index (χ0v) is 13.1. The number of carbonyl (C=O) groups excluding carboxylic acids is 2. The summed E-state index contributed by atoms with van der Waals surface area (Å²) in [5.74, 6) is 0.712. The van der Waals surface area contributed by atoms with Crippen molar-refractivity contribution in [2.75, 3.05) is 7.11 Å². The first-order chi connectivity index (χ1) is 10.5. The highest BCUT2D eigenvalue weighted by atomic mass is 16.5. The van der Waals surface area contributed by atoms with E-state index in [0.717, 1.165) is 5.56 Å². The Bertz CT molecular complexity index is 669. The van der Waals surface area contributed by atoms with E-state index in [-0.39, 0.29) is 18.0 Å². The molecule has 3 nitrogen and oxygen atoms in total. The van der Waals surface area contributed by atoms with Gasteiger partial charge in [0.15, 0.2) is 11.6 Å². The van der Waals surface area contributed by atoms with Gasteiger partial charge in [-0.05, 0) is 41.8 Å². The summed E-state index contributed by atoms with van der Waals surface area (Å²) < 4.78 is 5.06. The van der Waals surface area contributed by atoms with Crippen molar-refractivity contribution in [2.24, 2.45) is 0 Å². The molecule has 3 heteroatoms. The Morgan fingerprint density at radius 2 is 1.59 bits per heavy atom. The van der Waals surface area contributed by atoms with Crippen molar-refractivity contribution in [3.05, 3.63) is 65.2 Å². The Morgan fingerprint density at radius 1 is 0.955 bits per heavy atom. The van der Waals surface area contributed by atoms with Crippen LogP contribution in [0.4, 0.5) is 0 Å². The van der Waals surface area contributed by atoms with Crippen LogP contribution in [0.2, 0.25) is 0 Å². The Labute approximate surface area is 130 Å². The largest absolute Gasteiger partial charge is 0.497 e. The number of benzene rings is 2. The number of hydrogen-bond donors (Lipinski definition) is 0. The molecular formula is C19H20O3. The summed E-state index contributed by atoms with van der Waals surface area (Å²) in [6, 6.07) is 14.3. The van der Waals surface area contributed by atoms with E-state index in [4.69, 9.17) is 4.74 Å². The molecule has 0 radical (unpaired) electrons. The Hall–Kier alpha value is -2.42. The van der Waals surface area contributed by atoms with Crippen LogP contribution < -0.4 is 4.74 Å². The molecule has 2 aromatic rings. The normalized spacial score (nSPS) is 10.5. The molecule has 0 saturated carbocycles. The molecule has 0 atom stereocenters. The van der Waals surface area contributed by atoms with Crippen molar-refractivity contribution < 1.29 is 14.3 Å². The fourth-order valence-electron chi connectivity index (χ4n) is 2.20. The predicted octanol–water partition coefficient (Wildman–Crippen LogP) is 4.27. The Morgan fingerprint density at radius 3 is 2.18 bits per heavy atom. The molecular weight excluding hydrogens is 276 g/mol. The minimum Gasteiger partial charge on any atom is -0.497 e. The lowest BCUT2D eigenvalue weighted by molar-refractivity contribution is 0.0894. The summed E-state index contributed by atoms with van der Waals surface area (Å²) in [7, 11) is 1.57. The molecule has 0 bridgehead atoms. The molecule has 22 heavy (non-hydrogen) atoms. The average molecular weight is 296 g/mol. The molecule has 0 aliphatic carbocycles. The first-order valence-electron chi connectivity index (χ1n) is 7.31. The summed E-state index contributed by atoms with van der Waals surface area (Å²) in [6.07, 6.45) is -0.117. The van der Waals surface area contributed by atoms with Gasteiger partial charge in [0, 0.05) is 11.1 Å². The van der Waals surface area contributed by atoms with Crippen molar-refractivity contribution in [3.63, 3.8) is 0 Å². The Kier molecular flexibility index (Phi) is 5.10. The molecule has 0 fully saturated rings. The molecule has 0 spiro atoms. The molecule has 2 rings (SSSR count). The summed E-state index contributed by atoms with van der Waals surface area (Å²) in [4.78, 5) is 24.5. The maximum atomic E-state index is 12.3. The van der Waals surface area contributed by atoms with Gasteiger partial charge in [0.05, 0.1) is 13.5 Å². The summed E-state index contributed by atoms with van der Waals surface area (Å²) in [6.45, 7) is 4.15. The quantitative estimate of drug-likeness (QED) is 0.590. The van der Waals surface area contributed by atoms with Crippen LogP contribution in [0, 0.1) is 0 Å². The van der Waals surface area contributed by atoms with E-state index < -0.39 is 0 Å². The van der Waals surface area contributed by atoms with Crippen molar-refractivity contribution in [2.45, 2.75) is 26.2 Å². The molecule has 0 aliphatic rings. The standard InChI is InChI=1S/C19H20O3/c1-13(2)15-5-4-6-16(11-15)19(21)12-18(20)14-7-9-17(22-3)10-8-14/h4-11,13H,12H2,1-3H3. The number of carbonyl (C=O) groups is 2. The van der Waals surface area contributed by atoms with Crippen molar-refractivity contribution in [3.8, 4) is 5.75 Å². The van der Waals surface area contributed by atoms with E-state index in [1.807, 2.05) is 18.2 Å². The van der Waals surface area contributed by atoms with Crippen LogP contribution in [0.25, 0.3) is 0 Å². The fourth-order valence-corrected chi connectivity index (χ4v) is 2.20. The van der Waals surface area contributed by atoms with E-state index in [1.165, 1.54) is 0 Å². The molecule has 0 N–H and O–H groups in total. The third-order valence-electron chi connectivity index (χ3n) is 3.61. The maximum Gasteiger partial charge on any atom is 0.170 e. The van der Waals surface area contributed by atoms with Gasteiger partial charge in [-0.2, -0.15) is 0 Å². The highest BCUT2D eigenvalue weighted by Crippen LogP contribution is 2.18. The van der Waals surface area contributed by atoms with E-state index >= 15 is 0 Å². The highest BCUT2D eigenvalue weighted by molar-refractivity contribution is 6.13. The van der Waals surface area contributed by atoms with Crippen LogP contribution in [0.15, 0.2) is 48.5 Å². The van der Waals surface area contributed by atoms with Gasteiger partial charge in [-0.25, -0.2) is 0 Å². The molecule has 0 aliphatic heterocycles. The average Bonchev–Trinajstić information content (AvgIpc) is 2.54. The summed E-state index contributed by atoms with van der Waals surface area (Å²) >= 11 is 0. The molecule has 0 amide bonds. The number of hydrogen-bond acceptors (Lipinski definition) is 3. The lowest BCUT2D eigenvalue weighted by Gasteiger charge is -2.07. The van der Waals surface area contributed by atoms with Crippen LogP contribution in [-0.2, 0) is 0 Å². The van der Waals surface area contributed by atoms with Gasteiger partial charge in [-0.15, -0.1) is 0 Å². The minimum absolute atomic E-state index is 0.117. The Balaban J connectivity index is 2.10. The van der Waals surface area contributed by atoms with Gasteiger partial charge in [0.2, 0.25) is 0 Å². The third-order valence-corrected chi connectivity index (χ3v) is 3.61. The minimum atomic E-state index is -0.178.